The van der Waals surface area contributed by atoms with Crippen LogP contribution < -0.4 is 0 Å². The maximum Gasteiger partial charge on any atom is 0.128 e. The number of phenols is 1. The van der Waals surface area contributed by atoms with E-state index in [9.17, 15) is 5.11 Å². The van der Waals surface area contributed by atoms with E-state index < -0.39 is 10.2 Å². The molecule has 1 nitrogen and oxygen atoms in total. The molecule has 4 heteroatoms. The van der Waals surface area contributed by atoms with Gasteiger partial charge in [0.2, 0.25) is 0 Å². The lowest BCUT2D eigenvalue weighted by molar-refractivity contribution is 0.468. The molecule has 1 N–H and O–H groups in total. The van der Waals surface area contributed by atoms with E-state index in [1.54, 1.807) is 24.3 Å². The zero-order chi connectivity index (χ0) is 9.14. The van der Waals surface area contributed by atoms with E-state index in [1.807, 2.05) is 0 Å². The summed E-state index contributed by atoms with van der Waals surface area (Å²) in [6.07, 6.45) is 0. The van der Waals surface area contributed by atoms with Crippen LogP contribution in [0.5, 0.6) is 5.75 Å². The van der Waals surface area contributed by atoms with Crippen molar-refractivity contribution in [3.8, 4) is 5.75 Å². The molecule has 0 aromatic heterocycles. The van der Waals surface area contributed by atoms with Crippen LogP contribution >= 0.6 is 34.8 Å². The predicted octanol–water partition coefficient (Wildman–Crippen LogP) is 3.48. The van der Waals surface area contributed by atoms with Gasteiger partial charge in [0.05, 0.1) is 5.38 Å². The molecular formula is C8H7Cl3O. The molecule has 12 heavy (non-hydrogen) atoms. The summed E-state index contributed by atoms with van der Waals surface area (Å²) in [5.74, 6) is 0.115. The van der Waals surface area contributed by atoms with Crippen molar-refractivity contribution in [2.75, 3.05) is 0 Å². The van der Waals surface area contributed by atoms with Crippen LogP contribution in [0.1, 0.15) is 10.9 Å². The number of aromatic hydroxyl groups is 1. The molecule has 0 spiro atoms. The number of alkyl halides is 3. The van der Waals surface area contributed by atoms with Gasteiger partial charge in [-0.3, -0.25) is 0 Å². The molecule has 1 aromatic carbocycles. The number of para-hydroxylation sites is 1. The Morgan fingerprint density at radius 1 is 1.08 bits per heavy atom. The molecule has 0 aliphatic rings. The average molecular weight is 226 g/mol. The third kappa shape index (κ3) is 2.19. The summed E-state index contributed by atoms with van der Waals surface area (Å²) in [6, 6.07) is 6.70. The minimum absolute atomic E-state index is 0.115. The van der Waals surface area contributed by atoms with Gasteiger partial charge >= 0.3 is 0 Å². The number of halogens is 3. The van der Waals surface area contributed by atoms with Crippen molar-refractivity contribution in [3.63, 3.8) is 0 Å². The smallest absolute Gasteiger partial charge is 0.128 e. The molecule has 0 heterocycles. The molecule has 0 bridgehead atoms. The maximum atomic E-state index is 9.33. The van der Waals surface area contributed by atoms with E-state index in [2.05, 4.69) is 0 Å². The molecule has 1 unspecified atom stereocenters. The summed E-state index contributed by atoms with van der Waals surface area (Å²) >= 11 is 16.9. The first-order chi connectivity index (χ1) is 5.63. The summed E-state index contributed by atoms with van der Waals surface area (Å²) in [6.45, 7) is 0. The highest BCUT2D eigenvalue weighted by atomic mass is 35.5. The Morgan fingerprint density at radius 2 is 1.67 bits per heavy atom. The largest absolute Gasteiger partial charge is 0.508 e. The van der Waals surface area contributed by atoms with E-state index in [0.29, 0.717) is 5.56 Å². The van der Waals surface area contributed by atoms with Crippen LogP contribution in [0.15, 0.2) is 24.3 Å². The lowest BCUT2D eigenvalue weighted by atomic mass is 10.1. The lowest BCUT2D eigenvalue weighted by Crippen LogP contribution is -1.99. The fourth-order valence-corrected chi connectivity index (χ4v) is 1.31. The zero-order valence-electron chi connectivity index (χ0n) is 6.05. The first-order valence-electron chi connectivity index (χ1n) is 3.33. The Morgan fingerprint density at radius 3 is 2.17 bits per heavy atom. The first-order valence-corrected chi connectivity index (χ1v) is 4.64. The van der Waals surface area contributed by atoms with Gasteiger partial charge in [0.1, 0.15) is 10.6 Å². The molecule has 1 rings (SSSR count). The van der Waals surface area contributed by atoms with Crippen molar-refractivity contribution in [2.45, 2.75) is 10.2 Å². The molecule has 1 aromatic rings. The minimum Gasteiger partial charge on any atom is -0.508 e. The summed E-state index contributed by atoms with van der Waals surface area (Å²) in [5.41, 5.74) is 0.550. The van der Waals surface area contributed by atoms with Gasteiger partial charge in [-0.25, -0.2) is 0 Å². The Hall–Kier alpha value is -0.110. The van der Waals surface area contributed by atoms with E-state index in [4.69, 9.17) is 34.8 Å². The average Bonchev–Trinajstić information content (AvgIpc) is 2.04. The topological polar surface area (TPSA) is 20.2 Å². The molecule has 0 saturated heterocycles. The number of benzene rings is 1. The number of hydrogen-bond donors (Lipinski definition) is 1. The minimum atomic E-state index is -0.722. The van der Waals surface area contributed by atoms with Crippen molar-refractivity contribution < 1.29 is 5.11 Å². The van der Waals surface area contributed by atoms with Crippen molar-refractivity contribution in [1.29, 1.82) is 0 Å². The van der Waals surface area contributed by atoms with Crippen LogP contribution in [0.4, 0.5) is 0 Å². The van der Waals surface area contributed by atoms with Gasteiger partial charge in [-0.15, -0.1) is 34.8 Å². The van der Waals surface area contributed by atoms with Crippen LogP contribution in [0, 0.1) is 0 Å². The second-order valence-electron chi connectivity index (χ2n) is 2.30. The Bertz CT molecular complexity index is 262. The summed E-state index contributed by atoms with van der Waals surface area (Å²) in [4.78, 5) is -0.722. The summed E-state index contributed by atoms with van der Waals surface area (Å²) in [7, 11) is 0. The first kappa shape index (κ1) is 9.97. The summed E-state index contributed by atoms with van der Waals surface area (Å²) in [5, 5.41) is 8.75. The number of hydrogen-bond acceptors (Lipinski definition) is 1. The third-order valence-electron chi connectivity index (χ3n) is 1.46. The van der Waals surface area contributed by atoms with Gasteiger partial charge in [-0.1, -0.05) is 18.2 Å². The predicted molar refractivity (Wildman–Crippen MR) is 52.2 cm³/mol. The normalized spacial score (nSPS) is 13.3. The highest BCUT2D eigenvalue weighted by Crippen LogP contribution is 2.35. The van der Waals surface area contributed by atoms with Crippen molar-refractivity contribution in [1.82, 2.24) is 0 Å². The van der Waals surface area contributed by atoms with E-state index in [0.717, 1.165) is 0 Å². The van der Waals surface area contributed by atoms with E-state index in [-0.39, 0.29) is 5.75 Å². The van der Waals surface area contributed by atoms with Gasteiger partial charge in [0, 0.05) is 5.56 Å². The lowest BCUT2D eigenvalue weighted by Gasteiger charge is -2.11. The molecule has 0 aliphatic heterocycles. The molecule has 1 atom stereocenters. The van der Waals surface area contributed by atoms with E-state index in [1.165, 1.54) is 0 Å². The molecule has 0 radical (unpaired) electrons. The Kier molecular flexibility index (Phi) is 3.51. The van der Waals surface area contributed by atoms with Gasteiger partial charge in [0.25, 0.3) is 0 Å². The molecular weight excluding hydrogens is 218 g/mol. The number of rotatable bonds is 2. The SMILES string of the molecule is Oc1ccccc1C(Cl)C(Cl)Cl. The van der Waals surface area contributed by atoms with Crippen molar-refractivity contribution >= 4 is 34.8 Å². The third-order valence-corrected chi connectivity index (χ3v) is 2.70. The molecule has 0 fully saturated rings. The summed E-state index contributed by atoms with van der Waals surface area (Å²) < 4.78 is 0. The van der Waals surface area contributed by atoms with Gasteiger partial charge in [0.15, 0.2) is 0 Å². The van der Waals surface area contributed by atoms with Gasteiger partial charge in [-0.2, -0.15) is 0 Å². The second-order valence-corrected chi connectivity index (χ2v) is 3.93. The van der Waals surface area contributed by atoms with Gasteiger partial charge in [-0.05, 0) is 6.07 Å². The monoisotopic (exact) mass is 224 g/mol. The van der Waals surface area contributed by atoms with Gasteiger partial charge < -0.3 is 5.11 Å². The standard InChI is InChI=1S/C8H7Cl3O/c9-7(8(10)11)5-3-1-2-4-6(5)12/h1-4,7-8,12H. The number of phenolic OH excluding ortho intramolecular Hbond substituents is 1. The van der Waals surface area contributed by atoms with Crippen LogP contribution in [-0.4, -0.2) is 9.94 Å². The highest BCUT2D eigenvalue weighted by molar-refractivity contribution is 6.48. The molecule has 0 amide bonds. The van der Waals surface area contributed by atoms with E-state index >= 15 is 0 Å². The fraction of sp³-hybridized carbons (Fsp3) is 0.250. The van der Waals surface area contributed by atoms with Crippen LogP contribution in [0.2, 0.25) is 0 Å². The Labute approximate surface area is 85.9 Å². The fourth-order valence-electron chi connectivity index (χ4n) is 0.856. The van der Waals surface area contributed by atoms with Crippen LogP contribution in [-0.2, 0) is 0 Å². The quantitative estimate of drug-likeness (QED) is 0.764. The molecule has 0 saturated carbocycles. The van der Waals surface area contributed by atoms with Crippen molar-refractivity contribution in [2.24, 2.45) is 0 Å². The highest BCUT2D eigenvalue weighted by Gasteiger charge is 2.18. The second kappa shape index (κ2) is 4.22. The zero-order valence-corrected chi connectivity index (χ0v) is 8.31. The van der Waals surface area contributed by atoms with Crippen molar-refractivity contribution in [3.05, 3.63) is 29.8 Å². The maximum absolute atomic E-state index is 9.33. The molecule has 66 valence electrons. The Balaban J connectivity index is 2.94. The van der Waals surface area contributed by atoms with Crippen LogP contribution in [0.25, 0.3) is 0 Å². The van der Waals surface area contributed by atoms with Crippen LogP contribution in [0.3, 0.4) is 0 Å². The molecule has 0 aliphatic carbocycles.